The summed E-state index contributed by atoms with van der Waals surface area (Å²) >= 11 is 0. The molecule has 0 radical (unpaired) electrons. The van der Waals surface area contributed by atoms with Gasteiger partial charge in [0.05, 0.1) is 30.1 Å². The number of anilines is 1. The lowest BCUT2D eigenvalue weighted by Crippen LogP contribution is -2.11. The van der Waals surface area contributed by atoms with E-state index in [9.17, 15) is 4.79 Å². The van der Waals surface area contributed by atoms with Crippen LogP contribution >= 0.6 is 0 Å². The van der Waals surface area contributed by atoms with Gasteiger partial charge in [-0.05, 0) is 17.7 Å². The van der Waals surface area contributed by atoms with Gasteiger partial charge < -0.3 is 9.84 Å². The number of nitrogens with zero attached hydrogens (tertiary/aromatic N) is 4. The van der Waals surface area contributed by atoms with Crippen molar-refractivity contribution in [3.8, 4) is 17.4 Å². The first-order chi connectivity index (χ1) is 13.7. The third kappa shape index (κ3) is 3.81. The van der Waals surface area contributed by atoms with Crippen molar-refractivity contribution in [1.82, 2.24) is 14.9 Å². The molecule has 0 aliphatic heterocycles. The third-order valence-electron chi connectivity index (χ3n) is 4.10. The van der Waals surface area contributed by atoms with Crippen molar-refractivity contribution in [3.05, 3.63) is 89.9 Å². The maximum absolute atomic E-state index is 12.4. The number of amides is 1. The number of carbonyl (C=O) groups excluding carboxylic acids is 1. The molecule has 28 heavy (non-hydrogen) atoms. The largest absolute Gasteiger partial charge is 0.355 e. The van der Waals surface area contributed by atoms with Gasteiger partial charge in [0, 0.05) is 17.8 Å². The molecule has 0 saturated heterocycles. The molecule has 2 heterocycles. The fourth-order valence-electron chi connectivity index (χ4n) is 2.74. The maximum atomic E-state index is 12.4. The van der Waals surface area contributed by atoms with Gasteiger partial charge in [0.1, 0.15) is 0 Å². The molecule has 7 nitrogen and oxygen atoms in total. The summed E-state index contributed by atoms with van der Waals surface area (Å²) in [5, 5.41) is 19.8. The van der Waals surface area contributed by atoms with Gasteiger partial charge in [0.2, 0.25) is 0 Å². The molecule has 1 N–H and O–H groups in total. The Morgan fingerprint density at radius 3 is 2.82 bits per heavy atom. The van der Waals surface area contributed by atoms with Crippen molar-refractivity contribution < 1.29 is 9.32 Å². The quantitative estimate of drug-likeness (QED) is 0.578. The summed E-state index contributed by atoms with van der Waals surface area (Å²) in [6, 6.07) is 20.4. The number of hydrogen-bond donors (Lipinski definition) is 1. The zero-order valence-electron chi connectivity index (χ0n) is 14.7. The van der Waals surface area contributed by atoms with E-state index in [-0.39, 0.29) is 5.69 Å². The van der Waals surface area contributed by atoms with E-state index in [4.69, 9.17) is 9.78 Å². The molecule has 0 unspecified atom stereocenters. The molecule has 2 aromatic carbocycles. The van der Waals surface area contributed by atoms with Crippen LogP contribution in [0.5, 0.6) is 0 Å². The van der Waals surface area contributed by atoms with Crippen LogP contribution in [0.2, 0.25) is 0 Å². The van der Waals surface area contributed by atoms with Crippen molar-refractivity contribution in [2.75, 3.05) is 5.32 Å². The second kappa shape index (κ2) is 7.60. The van der Waals surface area contributed by atoms with E-state index in [1.54, 1.807) is 47.4 Å². The van der Waals surface area contributed by atoms with Crippen molar-refractivity contribution >= 4 is 11.6 Å². The van der Waals surface area contributed by atoms with Crippen molar-refractivity contribution in [1.29, 1.82) is 5.26 Å². The summed E-state index contributed by atoms with van der Waals surface area (Å²) < 4.78 is 6.99. The van der Waals surface area contributed by atoms with E-state index in [2.05, 4.69) is 21.6 Å². The van der Waals surface area contributed by atoms with Gasteiger partial charge in [-0.3, -0.25) is 9.48 Å². The van der Waals surface area contributed by atoms with Crippen LogP contribution in [0.1, 0.15) is 21.6 Å². The van der Waals surface area contributed by atoms with Gasteiger partial charge in [-0.25, -0.2) is 0 Å². The van der Waals surface area contributed by atoms with Crippen molar-refractivity contribution in [2.24, 2.45) is 0 Å². The minimum atomic E-state index is -0.398. The lowest BCUT2D eigenvalue weighted by molar-refractivity contribution is 0.101. The first-order valence-electron chi connectivity index (χ1n) is 8.56. The van der Waals surface area contributed by atoms with Crippen LogP contribution in [0.3, 0.4) is 0 Å². The average Bonchev–Trinajstić information content (AvgIpc) is 3.39. The van der Waals surface area contributed by atoms with E-state index in [1.807, 2.05) is 30.3 Å². The first kappa shape index (κ1) is 17.2. The predicted octanol–water partition coefficient (Wildman–Crippen LogP) is 3.71. The standard InChI is InChI=1S/C21H15N5O2/c22-11-16-7-4-8-17(9-16)20-10-19(25-28-20)21(27)24-18-12-23-26(14-18)13-15-5-2-1-3-6-15/h1-10,12,14H,13H2,(H,24,27). The zero-order valence-corrected chi connectivity index (χ0v) is 14.7. The van der Waals surface area contributed by atoms with Gasteiger partial charge in [-0.2, -0.15) is 10.4 Å². The molecule has 7 heteroatoms. The molecule has 0 spiro atoms. The summed E-state index contributed by atoms with van der Waals surface area (Å²) in [5.41, 5.74) is 3.02. The van der Waals surface area contributed by atoms with Crippen LogP contribution in [0, 0.1) is 11.3 Å². The lowest BCUT2D eigenvalue weighted by Gasteiger charge is -2.01. The highest BCUT2D eigenvalue weighted by Crippen LogP contribution is 2.22. The lowest BCUT2D eigenvalue weighted by atomic mass is 10.1. The normalized spacial score (nSPS) is 10.4. The van der Waals surface area contributed by atoms with Crippen molar-refractivity contribution in [3.63, 3.8) is 0 Å². The minimum Gasteiger partial charge on any atom is -0.355 e. The van der Waals surface area contributed by atoms with E-state index in [1.165, 1.54) is 0 Å². The Morgan fingerprint density at radius 1 is 1.14 bits per heavy atom. The van der Waals surface area contributed by atoms with Gasteiger partial charge in [0.15, 0.2) is 11.5 Å². The highest BCUT2D eigenvalue weighted by atomic mass is 16.5. The molecule has 0 atom stereocenters. The van der Waals surface area contributed by atoms with Gasteiger partial charge in [-0.1, -0.05) is 47.6 Å². The number of nitrogens with one attached hydrogen (secondary N) is 1. The van der Waals surface area contributed by atoms with Crippen LogP contribution in [0.25, 0.3) is 11.3 Å². The molecule has 0 saturated carbocycles. The van der Waals surface area contributed by atoms with Crippen LogP contribution in [-0.4, -0.2) is 20.8 Å². The van der Waals surface area contributed by atoms with Gasteiger partial charge in [-0.15, -0.1) is 0 Å². The Morgan fingerprint density at radius 2 is 2.00 bits per heavy atom. The summed E-state index contributed by atoms with van der Waals surface area (Å²) in [4.78, 5) is 12.4. The Hall–Kier alpha value is -4.18. The number of carbonyl (C=O) groups is 1. The van der Waals surface area contributed by atoms with E-state index in [0.29, 0.717) is 29.1 Å². The molecule has 0 bridgehead atoms. The maximum Gasteiger partial charge on any atom is 0.277 e. The smallest absolute Gasteiger partial charge is 0.277 e. The summed E-state index contributed by atoms with van der Waals surface area (Å²) in [6.45, 7) is 0.611. The molecule has 0 fully saturated rings. The molecule has 136 valence electrons. The average molecular weight is 369 g/mol. The molecule has 2 aromatic heterocycles. The van der Waals surface area contributed by atoms with E-state index in [0.717, 1.165) is 5.56 Å². The SMILES string of the molecule is N#Cc1cccc(-c2cc(C(=O)Nc3cnn(Cc4ccccc4)c3)no2)c1. The topological polar surface area (TPSA) is 96.7 Å². The van der Waals surface area contributed by atoms with Crippen LogP contribution in [0.4, 0.5) is 5.69 Å². The number of hydrogen-bond acceptors (Lipinski definition) is 5. The molecule has 0 aliphatic carbocycles. The molecule has 4 aromatic rings. The highest BCUT2D eigenvalue weighted by Gasteiger charge is 2.15. The van der Waals surface area contributed by atoms with E-state index < -0.39 is 5.91 Å². The second-order valence-corrected chi connectivity index (χ2v) is 6.14. The number of aromatic nitrogens is 3. The molecular formula is C21H15N5O2. The number of rotatable bonds is 5. The van der Waals surface area contributed by atoms with Crippen LogP contribution in [-0.2, 0) is 6.54 Å². The Balaban J connectivity index is 1.45. The first-order valence-corrected chi connectivity index (χ1v) is 8.56. The zero-order chi connectivity index (χ0) is 19.3. The highest BCUT2D eigenvalue weighted by molar-refractivity contribution is 6.03. The molecule has 4 rings (SSSR count). The van der Waals surface area contributed by atoms with Crippen LogP contribution < -0.4 is 5.32 Å². The fourth-order valence-corrected chi connectivity index (χ4v) is 2.74. The predicted molar refractivity (Wildman–Crippen MR) is 102 cm³/mol. The summed E-state index contributed by atoms with van der Waals surface area (Å²) in [7, 11) is 0. The number of benzene rings is 2. The fraction of sp³-hybridized carbons (Fsp3) is 0.0476. The molecule has 0 aliphatic rings. The van der Waals surface area contributed by atoms with E-state index >= 15 is 0 Å². The van der Waals surface area contributed by atoms with Crippen LogP contribution in [0.15, 0.2) is 77.6 Å². The third-order valence-corrected chi connectivity index (χ3v) is 4.10. The number of nitriles is 1. The summed E-state index contributed by atoms with van der Waals surface area (Å²) in [6.07, 6.45) is 3.33. The monoisotopic (exact) mass is 369 g/mol. The Bertz CT molecular complexity index is 1150. The Labute approximate surface area is 160 Å². The molecule has 1 amide bonds. The summed E-state index contributed by atoms with van der Waals surface area (Å²) in [5.74, 6) is 0.0210. The van der Waals surface area contributed by atoms with Crippen molar-refractivity contribution in [2.45, 2.75) is 6.54 Å². The molecular weight excluding hydrogens is 354 g/mol. The Kier molecular flexibility index (Phi) is 4.68. The minimum absolute atomic E-state index is 0.146. The second-order valence-electron chi connectivity index (χ2n) is 6.14. The van der Waals surface area contributed by atoms with Gasteiger partial charge >= 0.3 is 0 Å². The van der Waals surface area contributed by atoms with Gasteiger partial charge in [0.25, 0.3) is 5.91 Å².